The molecule has 0 bridgehead atoms. The van der Waals surface area contributed by atoms with Crippen molar-refractivity contribution in [1.29, 1.82) is 0 Å². The Morgan fingerprint density at radius 3 is 2.33 bits per heavy atom. The highest BCUT2D eigenvalue weighted by molar-refractivity contribution is 5.95. The highest BCUT2D eigenvalue weighted by Crippen LogP contribution is 2.34. The average molecular weight is 505 g/mol. The standard InChI is InChI=1S/C25H36N4O7/c1-15-8-6-9-16(12-15)21(22(32)27-14-20(31)35-5)29(17-10-7-11-17)23(33)18(13-19(26)30)28-24(34)36-25(2,3)4/h6,8-9,12,17-18,21H,7,10-11,13-14H2,1-5H3,(H2,26,30)(H,27,32)(H,28,34). The van der Waals surface area contributed by atoms with Crippen molar-refractivity contribution in [2.75, 3.05) is 13.7 Å². The number of esters is 1. The fourth-order valence-corrected chi connectivity index (χ4v) is 3.82. The number of ether oxygens (including phenoxy) is 2. The Labute approximate surface area is 211 Å². The summed E-state index contributed by atoms with van der Waals surface area (Å²) < 4.78 is 9.87. The van der Waals surface area contributed by atoms with Crippen LogP contribution in [0.5, 0.6) is 0 Å². The fourth-order valence-electron chi connectivity index (χ4n) is 3.82. The van der Waals surface area contributed by atoms with Crippen LogP contribution in [0.25, 0.3) is 0 Å². The monoisotopic (exact) mass is 504 g/mol. The van der Waals surface area contributed by atoms with Crippen LogP contribution in [0.3, 0.4) is 0 Å². The molecule has 2 rings (SSSR count). The molecule has 0 aliphatic heterocycles. The summed E-state index contributed by atoms with van der Waals surface area (Å²) in [7, 11) is 1.20. The summed E-state index contributed by atoms with van der Waals surface area (Å²) in [6.07, 6.45) is 0.741. The zero-order valence-electron chi connectivity index (χ0n) is 21.5. The zero-order valence-corrected chi connectivity index (χ0v) is 21.5. The quantitative estimate of drug-likeness (QED) is 0.407. The number of hydrogen-bond acceptors (Lipinski definition) is 7. The lowest BCUT2D eigenvalue weighted by molar-refractivity contribution is -0.149. The van der Waals surface area contributed by atoms with E-state index >= 15 is 0 Å². The third kappa shape index (κ3) is 8.24. The summed E-state index contributed by atoms with van der Waals surface area (Å²) in [5.74, 6) is -2.70. The van der Waals surface area contributed by atoms with Crippen LogP contribution < -0.4 is 16.4 Å². The van der Waals surface area contributed by atoms with Crippen molar-refractivity contribution in [2.45, 2.75) is 77.1 Å². The van der Waals surface area contributed by atoms with E-state index in [2.05, 4.69) is 15.4 Å². The molecule has 0 radical (unpaired) electrons. The molecule has 11 nitrogen and oxygen atoms in total. The minimum absolute atomic E-state index is 0.317. The summed E-state index contributed by atoms with van der Waals surface area (Å²) in [6, 6.07) is 4.30. The van der Waals surface area contributed by atoms with Crippen LogP contribution in [-0.2, 0) is 28.7 Å². The summed E-state index contributed by atoms with van der Waals surface area (Å²) in [4.78, 5) is 64.6. The molecular formula is C25H36N4O7. The summed E-state index contributed by atoms with van der Waals surface area (Å²) >= 11 is 0. The Bertz CT molecular complexity index is 985. The van der Waals surface area contributed by atoms with Gasteiger partial charge in [0.05, 0.1) is 13.5 Å². The van der Waals surface area contributed by atoms with Crippen molar-refractivity contribution in [3.8, 4) is 0 Å². The predicted octanol–water partition coefficient (Wildman–Crippen LogP) is 1.48. The van der Waals surface area contributed by atoms with Crippen LogP contribution in [0.4, 0.5) is 4.79 Å². The van der Waals surface area contributed by atoms with E-state index in [0.29, 0.717) is 18.4 Å². The molecule has 11 heteroatoms. The molecule has 2 unspecified atom stereocenters. The van der Waals surface area contributed by atoms with Gasteiger partial charge in [-0.15, -0.1) is 0 Å². The van der Waals surface area contributed by atoms with Gasteiger partial charge in [-0.3, -0.25) is 19.2 Å². The van der Waals surface area contributed by atoms with Crippen molar-refractivity contribution < 1.29 is 33.4 Å². The highest BCUT2D eigenvalue weighted by Gasteiger charge is 2.42. The zero-order chi connectivity index (χ0) is 27.0. The van der Waals surface area contributed by atoms with Gasteiger partial charge in [0.25, 0.3) is 0 Å². The number of rotatable bonds is 10. The maximum atomic E-state index is 13.9. The van der Waals surface area contributed by atoms with Gasteiger partial charge in [0.2, 0.25) is 17.7 Å². The van der Waals surface area contributed by atoms with Gasteiger partial charge in [0, 0.05) is 6.04 Å². The molecule has 4 N–H and O–H groups in total. The first-order valence-corrected chi connectivity index (χ1v) is 11.8. The Hall–Kier alpha value is -3.63. The average Bonchev–Trinajstić information content (AvgIpc) is 2.73. The molecule has 0 saturated heterocycles. The number of carbonyl (C=O) groups is 5. The molecule has 2 atom stereocenters. The number of amides is 4. The second-order valence-electron chi connectivity index (χ2n) is 9.81. The second kappa shape index (κ2) is 12.4. The van der Waals surface area contributed by atoms with Gasteiger partial charge in [-0.2, -0.15) is 0 Å². The Morgan fingerprint density at radius 1 is 1.17 bits per heavy atom. The molecule has 0 aromatic heterocycles. The third-order valence-corrected chi connectivity index (χ3v) is 5.64. The number of primary amides is 1. The number of nitrogens with zero attached hydrogens (tertiary/aromatic N) is 1. The minimum Gasteiger partial charge on any atom is -0.468 e. The minimum atomic E-state index is -1.35. The van der Waals surface area contributed by atoms with Crippen LogP contribution in [-0.4, -0.2) is 66.0 Å². The van der Waals surface area contributed by atoms with Crippen molar-refractivity contribution in [3.05, 3.63) is 35.4 Å². The molecule has 0 heterocycles. The van der Waals surface area contributed by atoms with Crippen LogP contribution in [0.2, 0.25) is 0 Å². The van der Waals surface area contributed by atoms with Gasteiger partial charge in [0.15, 0.2) is 0 Å². The van der Waals surface area contributed by atoms with Crippen LogP contribution in [0, 0.1) is 6.92 Å². The number of benzene rings is 1. The molecule has 36 heavy (non-hydrogen) atoms. The number of aryl methyl sites for hydroxylation is 1. The number of nitrogens with two attached hydrogens (primary N) is 1. The maximum Gasteiger partial charge on any atom is 0.408 e. The number of carbonyl (C=O) groups excluding carboxylic acids is 5. The molecule has 1 aromatic carbocycles. The van der Waals surface area contributed by atoms with E-state index < -0.39 is 53.9 Å². The lowest BCUT2D eigenvalue weighted by Crippen LogP contribution is -2.58. The number of hydrogen-bond donors (Lipinski definition) is 3. The summed E-state index contributed by atoms with van der Waals surface area (Å²) in [5, 5.41) is 4.98. The van der Waals surface area contributed by atoms with Gasteiger partial charge >= 0.3 is 12.1 Å². The topological polar surface area (TPSA) is 157 Å². The molecule has 1 aliphatic carbocycles. The molecule has 198 valence electrons. The fraction of sp³-hybridized carbons (Fsp3) is 0.560. The molecule has 1 aromatic rings. The Morgan fingerprint density at radius 2 is 1.83 bits per heavy atom. The molecular weight excluding hydrogens is 468 g/mol. The van der Waals surface area contributed by atoms with E-state index in [1.807, 2.05) is 13.0 Å². The maximum absolute atomic E-state index is 13.9. The second-order valence-corrected chi connectivity index (χ2v) is 9.81. The third-order valence-electron chi connectivity index (χ3n) is 5.64. The van der Waals surface area contributed by atoms with Crippen molar-refractivity contribution in [1.82, 2.24) is 15.5 Å². The van der Waals surface area contributed by atoms with E-state index in [-0.39, 0.29) is 12.6 Å². The molecule has 4 amide bonds. The number of methoxy groups -OCH3 is 1. The van der Waals surface area contributed by atoms with E-state index in [9.17, 15) is 24.0 Å². The lowest BCUT2D eigenvalue weighted by Gasteiger charge is -2.43. The van der Waals surface area contributed by atoms with Gasteiger partial charge in [-0.1, -0.05) is 29.8 Å². The molecule has 1 aliphatic rings. The predicted molar refractivity (Wildman–Crippen MR) is 130 cm³/mol. The van der Waals surface area contributed by atoms with Gasteiger partial charge in [0.1, 0.15) is 24.2 Å². The molecule has 1 fully saturated rings. The van der Waals surface area contributed by atoms with Crippen LogP contribution in [0.15, 0.2) is 24.3 Å². The molecule has 0 spiro atoms. The molecule has 1 saturated carbocycles. The lowest BCUT2D eigenvalue weighted by atomic mass is 9.87. The van der Waals surface area contributed by atoms with Gasteiger partial charge in [-0.05, 0) is 52.5 Å². The van der Waals surface area contributed by atoms with Crippen molar-refractivity contribution in [2.24, 2.45) is 5.73 Å². The highest BCUT2D eigenvalue weighted by atomic mass is 16.6. The van der Waals surface area contributed by atoms with Gasteiger partial charge < -0.3 is 30.7 Å². The van der Waals surface area contributed by atoms with Crippen molar-refractivity contribution >= 4 is 29.8 Å². The first-order valence-electron chi connectivity index (χ1n) is 11.8. The van der Waals surface area contributed by atoms with Crippen LogP contribution >= 0.6 is 0 Å². The normalized spacial score (nSPS) is 15.0. The Kier molecular flexibility index (Phi) is 9.83. The van der Waals surface area contributed by atoms with E-state index in [1.54, 1.807) is 39.0 Å². The smallest absolute Gasteiger partial charge is 0.408 e. The van der Waals surface area contributed by atoms with Crippen LogP contribution in [0.1, 0.15) is 63.6 Å². The van der Waals surface area contributed by atoms with E-state index in [4.69, 9.17) is 10.5 Å². The Balaban J connectivity index is 2.47. The van der Waals surface area contributed by atoms with Gasteiger partial charge in [-0.25, -0.2) is 4.79 Å². The number of nitrogens with one attached hydrogen (secondary N) is 2. The van der Waals surface area contributed by atoms with E-state index in [0.717, 1.165) is 12.0 Å². The summed E-state index contributed by atoms with van der Waals surface area (Å²) in [6.45, 7) is 6.46. The SMILES string of the molecule is COC(=O)CNC(=O)C(c1cccc(C)c1)N(C(=O)C(CC(N)=O)NC(=O)OC(C)(C)C)C1CCC1. The summed E-state index contributed by atoms with van der Waals surface area (Å²) in [5.41, 5.74) is 5.93. The largest absolute Gasteiger partial charge is 0.468 e. The number of alkyl carbamates (subject to hydrolysis) is 1. The first kappa shape index (κ1) is 28.6. The first-order chi connectivity index (χ1) is 16.8. The van der Waals surface area contributed by atoms with E-state index in [1.165, 1.54) is 12.0 Å². The van der Waals surface area contributed by atoms with Crippen molar-refractivity contribution in [3.63, 3.8) is 0 Å².